The van der Waals surface area contributed by atoms with Gasteiger partial charge in [0, 0.05) is 17.1 Å². The number of halogens is 2. The highest BCUT2D eigenvalue weighted by atomic mass is 35.5. The van der Waals surface area contributed by atoms with E-state index in [1.165, 1.54) is 18.2 Å². The van der Waals surface area contributed by atoms with Crippen LogP contribution in [0.2, 0.25) is 5.02 Å². The van der Waals surface area contributed by atoms with Gasteiger partial charge in [-0.3, -0.25) is 0 Å². The van der Waals surface area contributed by atoms with Gasteiger partial charge in [0.15, 0.2) is 0 Å². The Bertz CT molecular complexity index is 855. The first-order valence-corrected chi connectivity index (χ1v) is 7.17. The number of phenols is 1. The third-order valence-corrected chi connectivity index (χ3v) is 4.00. The molecule has 5 heteroatoms. The number of imidazole rings is 1. The summed E-state index contributed by atoms with van der Waals surface area (Å²) in [5.74, 6) is 0.433. The topological polar surface area (TPSA) is 38.1 Å². The maximum Gasteiger partial charge on any atom is 0.145 e. The van der Waals surface area contributed by atoms with Crippen LogP contribution in [0.25, 0.3) is 22.4 Å². The molecule has 0 atom stereocenters. The average molecular weight is 303 g/mol. The summed E-state index contributed by atoms with van der Waals surface area (Å²) in [6, 6.07) is 9.92. The Hall–Kier alpha value is -2.07. The lowest BCUT2D eigenvalue weighted by atomic mass is 10.2. The van der Waals surface area contributed by atoms with Crippen molar-refractivity contribution in [2.45, 2.75) is 18.9 Å². The van der Waals surface area contributed by atoms with Crippen LogP contribution in [0.3, 0.4) is 0 Å². The van der Waals surface area contributed by atoms with Gasteiger partial charge in [0.25, 0.3) is 0 Å². The van der Waals surface area contributed by atoms with Gasteiger partial charge in [-0.1, -0.05) is 11.6 Å². The van der Waals surface area contributed by atoms with E-state index in [1.807, 2.05) is 0 Å². The number of nitrogens with zero attached hydrogens (tertiary/aromatic N) is 2. The van der Waals surface area contributed by atoms with Crippen molar-refractivity contribution in [3.05, 3.63) is 47.2 Å². The van der Waals surface area contributed by atoms with E-state index < -0.39 is 0 Å². The second-order valence-electron chi connectivity index (χ2n) is 5.33. The molecule has 0 saturated heterocycles. The van der Waals surface area contributed by atoms with E-state index in [9.17, 15) is 9.50 Å². The molecule has 3 nitrogen and oxygen atoms in total. The third kappa shape index (κ3) is 2.07. The molecule has 1 N–H and O–H groups in total. The second kappa shape index (κ2) is 4.46. The molecule has 1 aliphatic rings. The number of aromatic nitrogens is 2. The lowest BCUT2D eigenvalue weighted by Crippen LogP contribution is -1.97. The molecule has 0 amide bonds. The summed E-state index contributed by atoms with van der Waals surface area (Å²) < 4.78 is 15.5. The van der Waals surface area contributed by atoms with Crippen molar-refractivity contribution in [1.29, 1.82) is 0 Å². The van der Waals surface area contributed by atoms with Crippen LogP contribution >= 0.6 is 11.6 Å². The van der Waals surface area contributed by atoms with E-state index in [0.717, 1.165) is 18.4 Å². The van der Waals surface area contributed by atoms with Gasteiger partial charge in [0.05, 0.1) is 16.6 Å². The molecule has 4 rings (SSSR count). The Morgan fingerprint density at radius 2 is 2.00 bits per heavy atom. The Labute approximate surface area is 125 Å². The highest BCUT2D eigenvalue weighted by molar-refractivity contribution is 6.30. The quantitative estimate of drug-likeness (QED) is 0.755. The van der Waals surface area contributed by atoms with E-state index in [0.29, 0.717) is 28.0 Å². The van der Waals surface area contributed by atoms with Crippen LogP contribution < -0.4 is 0 Å². The lowest BCUT2D eigenvalue weighted by Gasteiger charge is -2.09. The van der Waals surface area contributed by atoms with Crippen molar-refractivity contribution in [1.82, 2.24) is 9.55 Å². The first-order chi connectivity index (χ1) is 10.1. The molecular weight excluding hydrogens is 291 g/mol. The molecular formula is C16H12ClFN2O. The Morgan fingerprint density at radius 3 is 2.71 bits per heavy atom. The molecule has 1 heterocycles. The molecule has 2 aromatic carbocycles. The minimum atomic E-state index is -0.310. The minimum absolute atomic E-state index is 0.0835. The van der Waals surface area contributed by atoms with Crippen molar-refractivity contribution < 1.29 is 9.50 Å². The van der Waals surface area contributed by atoms with Gasteiger partial charge >= 0.3 is 0 Å². The van der Waals surface area contributed by atoms with Gasteiger partial charge in [0.2, 0.25) is 0 Å². The van der Waals surface area contributed by atoms with Crippen LogP contribution in [-0.2, 0) is 0 Å². The van der Waals surface area contributed by atoms with Crippen molar-refractivity contribution in [2.75, 3.05) is 0 Å². The van der Waals surface area contributed by atoms with E-state index in [4.69, 9.17) is 11.6 Å². The van der Waals surface area contributed by atoms with Gasteiger partial charge in [-0.15, -0.1) is 0 Å². The Morgan fingerprint density at radius 1 is 1.19 bits per heavy atom. The number of hydrogen-bond donors (Lipinski definition) is 1. The average Bonchev–Trinajstić information content (AvgIpc) is 3.20. The predicted molar refractivity (Wildman–Crippen MR) is 80.1 cm³/mol. The Balaban J connectivity index is 2.01. The van der Waals surface area contributed by atoms with E-state index >= 15 is 0 Å². The van der Waals surface area contributed by atoms with Gasteiger partial charge in [0.1, 0.15) is 17.4 Å². The molecule has 0 spiro atoms. The van der Waals surface area contributed by atoms with Crippen molar-refractivity contribution in [2.24, 2.45) is 0 Å². The molecule has 0 unspecified atom stereocenters. The van der Waals surface area contributed by atoms with Crippen LogP contribution in [0.5, 0.6) is 5.75 Å². The molecule has 0 aliphatic heterocycles. The minimum Gasteiger partial charge on any atom is -0.507 e. The molecule has 1 saturated carbocycles. The van der Waals surface area contributed by atoms with Gasteiger partial charge in [-0.05, 0) is 43.2 Å². The van der Waals surface area contributed by atoms with E-state index in [-0.39, 0.29) is 11.6 Å². The molecule has 1 aliphatic carbocycles. The molecule has 21 heavy (non-hydrogen) atoms. The SMILES string of the molecule is Oc1cc(Cl)ccc1-c1nc2cc(F)ccc2n1C1CC1. The zero-order valence-electron chi connectivity index (χ0n) is 11.1. The van der Waals surface area contributed by atoms with Crippen molar-refractivity contribution in [3.8, 4) is 17.1 Å². The van der Waals surface area contributed by atoms with Gasteiger partial charge < -0.3 is 9.67 Å². The molecule has 1 aromatic heterocycles. The van der Waals surface area contributed by atoms with E-state index in [2.05, 4.69) is 9.55 Å². The molecule has 3 aromatic rings. The largest absolute Gasteiger partial charge is 0.507 e. The van der Waals surface area contributed by atoms with Crippen LogP contribution in [0.15, 0.2) is 36.4 Å². The number of aromatic hydroxyl groups is 1. The first kappa shape index (κ1) is 12.7. The Kier molecular flexibility index (Phi) is 2.69. The number of phenolic OH excluding ortho intramolecular Hbond substituents is 1. The van der Waals surface area contributed by atoms with Crippen molar-refractivity contribution >= 4 is 22.6 Å². The number of hydrogen-bond acceptors (Lipinski definition) is 2. The number of rotatable bonds is 2. The second-order valence-corrected chi connectivity index (χ2v) is 5.77. The summed E-state index contributed by atoms with van der Waals surface area (Å²) in [4.78, 5) is 4.52. The van der Waals surface area contributed by atoms with E-state index in [1.54, 1.807) is 18.2 Å². The molecule has 0 bridgehead atoms. The highest BCUT2D eigenvalue weighted by Gasteiger charge is 2.29. The molecule has 106 valence electrons. The normalized spacial score (nSPS) is 14.8. The predicted octanol–water partition coefficient (Wildman–Crippen LogP) is 4.54. The fourth-order valence-electron chi connectivity index (χ4n) is 2.66. The number of benzene rings is 2. The summed E-state index contributed by atoms with van der Waals surface area (Å²) in [6.45, 7) is 0. The van der Waals surface area contributed by atoms with Crippen LogP contribution in [0, 0.1) is 5.82 Å². The molecule has 0 radical (unpaired) electrons. The zero-order valence-corrected chi connectivity index (χ0v) is 11.8. The van der Waals surface area contributed by atoms with Crippen LogP contribution in [-0.4, -0.2) is 14.7 Å². The summed E-state index contributed by atoms with van der Waals surface area (Å²) in [7, 11) is 0. The van der Waals surface area contributed by atoms with Gasteiger partial charge in [-0.25, -0.2) is 9.37 Å². The van der Waals surface area contributed by atoms with Crippen molar-refractivity contribution in [3.63, 3.8) is 0 Å². The van der Waals surface area contributed by atoms with Crippen LogP contribution in [0.4, 0.5) is 4.39 Å². The van der Waals surface area contributed by atoms with Crippen LogP contribution in [0.1, 0.15) is 18.9 Å². The zero-order chi connectivity index (χ0) is 14.6. The summed E-state index contributed by atoms with van der Waals surface area (Å²) >= 11 is 5.88. The highest BCUT2D eigenvalue weighted by Crippen LogP contribution is 2.43. The summed E-state index contributed by atoms with van der Waals surface area (Å²) in [6.07, 6.45) is 2.15. The smallest absolute Gasteiger partial charge is 0.145 e. The number of fused-ring (bicyclic) bond motifs is 1. The first-order valence-electron chi connectivity index (χ1n) is 6.80. The monoisotopic (exact) mass is 302 g/mol. The third-order valence-electron chi connectivity index (χ3n) is 3.76. The summed E-state index contributed by atoms with van der Waals surface area (Å²) in [5, 5.41) is 10.6. The fourth-order valence-corrected chi connectivity index (χ4v) is 2.82. The summed E-state index contributed by atoms with van der Waals surface area (Å²) in [5.41, 5.74) is 2.11. The standard InChI is InChI=1S/C16H12ClFN2O/c17-9-1-5-12(15(21)7-9)16-19-13-8-10(18)2-6-14(13)20(16)11-3-4-11/h1-2,5-8,11,21H,3-4H2. The van der Waals surface area contributed by atoms with Gasteiger partial charge in [-0.2, -0.15) is 0 Å². The molecule has 1 fully saturated rings. The fraction of sp³-hybridized carbons (Fsp3) is 0.188. The lowest BCUT2D eigenvalue weighted by molar-refractivity contribution is 0.476. The maximum absolute atomic E-state index is 13.4. The maximum atomic E-state index is 13.4.